The molecule has 0 aliphatic carbocycles. The molecule has 0 bridgehead atoms. The van der Waals surface area contributed by atoms with E-state index in [0.717, 1.165) is 16.3 Å². The van der Waals surface area contributed by atoms with Crippen molar-refractivity contribution in [3.05, 3.63) is 77.0 Å². The Bertz CT molecular complexity index is 1470. The number of hydrogen-bond donors (Lipinski definition) is 4. The van der Waals surface area contributed by atoms with E-state index in [1.165, 1.54) is 7.11 Å². The van der Waals surface area contributed by atoms with Gasteiger partial charge in [-0.2, -0.15) is 5.10 Å². The van der Waals surface area contributed by atoms with Crippen molar-refractivity contribution >= 4 is 29.0 Å². The molecular formula is C30H34N4O7. The Labute approximate surface area is 238 Å². The predicted molar refractivity (Wildman–Crippen MR) is 154 cm³/mol. The molecule has 0 saturated carbocycles. The number of carbonyl (C=O) groups is 2. The van der Waals surface area contributed by atoms with Crippen molar-refractivity contribution in [2.24, 2.45) is 5.10 Å². The lowest BCUT2D eigenvalue weighted by Crippen LogP contribution is -2.45. The molecule has 0 fully saturated rings. The third-order valence-corrected chi connectivity index (χ3v) is 6.32. The Hall–Kier alpha value is -4.77. The summed E-state index contributed by atoms with van der Waals surface area (Å²) in [4.78, 5) is 24.6. The zero-order valence-electron chi connectivity index (χ0n) is 23.4. The van der Waals surface area contributed by atoms with Crippen molar-refractivity contribution in [2.75, 3.05) is 26.9 Å². The summed E-state index contributed by atoms with van der Waals surface area (Å²) in [6, 6.07) is 15.6. The van der Waals surface area contributed by atoms with Gasteiger partial charge in [0.1, 0.15) is 12.4 Å². The van der Waals surface area contributed by atoms with Gasteiger partial charge in [0, 0.05) is 11.3 Å². The first kappa shape index (κ1) is 29.2. The van der Waals surface area contributed by atoms with Crippen molar-refractivity contribution in [3.8, 4) is 17.2 Å². The van der Waals surface area contributed by atoms with Gasteiger partial charge in [0.05, 0.1) is 38.2 Å². The van der Waals surface area contributed by atoms with Crippen molar-refractivity contribution in [1.29, 1.82) is 0 Å². The number of esters is 1. The second-order valence-corrected chi connectivity index (χ2v) is 9.05. The molecule has 0 aromatic heterocycles. The largest absolute Gasteiger partial charge is 0.493 e. The molecule has 1 aliphatic heterocycles. The zero-order valence-corrected chi connectivity index (χ0v) is 23.4. The van der Waals surface area contributed by atoms with E-state index >= 15 is 0 Å². The van der Waals surface area contributed by atoms with Crippen LogP contribution >= 0.6 is 0 Å². The molecule has 2 amide bonds. The summed E-state index contributed by atoms with van der Waals surface area (Å²) in [5.41, 5.74) is 4.74. The predicted octanol–water partition coefficient (Wildman–Crippen LogP) is 3.76. The number of benzene rings is 3. The molecule has 4 rings (SSSR count). The highest BCUT2D eigenvalue weighted by Gasteiger charge is 2.32. The Morgan fingerprint density at radius 3 is 2.54 bits per heavy atom. The molecule has 0 saturated heterocycles. The van der Waals surface area contributed by atoms with E-state index in [1.54, 1.807) is 31.3 Å². The van der Waals surface area contributed by atoms with E-state index in [1.807, 2.05) is 50.2 Å². The number of nitrogens with zero attached hydrogens (tertiary/aromatic N) is 1. The van der Waals surface area contributed by atoms with Gasteiger partial charge < -0.3 is 34.7 Å². The molecule has 0 spiro atoms. The first-order valence-corrected chi connectivity index (χ1v) is 13.2. The Kier molecular flexibility index (Phi) is 9.64. The molecule has 4 N–H and O–H groups in total. The van der Waals surface area contributed by atoms with Crippen LogP contribution in [0.5, 0.6) is 17.2 Å². The maximum Gasteiger partial charge on any atom is 0.337 e. The smallest absolute Gasteiger partial charge is 0.337 e. The topological polar surface area (TPSA) is 140 Å². The summed E-state index contributed by atoms with van der Waals surface area (Å²) in [5, 5.41) is 22.1. The van der Waals surface area contributed by atoms with Gasteiger partial charge in [-0.15, -0.1) is 0 Å². The number of hydrazone groups is 1. The van der Waals surface area contributed by atoms with E-state index in [0.29, 0.717) is 41.7 Å². The molecule has 0 radical (unpaired) electrons. The van der Waals surface area contributed by atoms with Crippen LogP contribution < -0.4 is 30.3 Å². The molecule has 41 heavy (non-hydrogen) atoms. The summed E-state index contributed by atoms with van der Waals surface area (Å²) >= 11 is 0. The minimum Gasteiger partial charge on any atom is -0.493 e. The van der Waals surface area contributed by atoms with Crippen LogP contribution in [0.3, 0.4) is 0 Å². The summed E-state index contributed by atoms with van der Waals surface area (Å²) in [6.07, 6.45) is 0.477. The van der Waals surface area contributed by atoms with Crippen LogP contribution in [-0.2, 0) is 9.53 Å². The fraction of sp³-hybridized carbons (Fsp3) is 0.300. The van der Waals surface area contributed by atoms with Crippen molar-refractivity contribution in [2.45, 2.75) is 33.0 Å². The number of carbonyl (C=O) groups excluding carboxylic acids is 2. The minimum atomic E-state index is -1.13. The number of methoxy groups -OCH3 is 1. The molecule has 3 aromatic carbocycles. The summed E-state index contributed by atoms with van der Waals surface area (Å²) in [5.74, 6) is 0.875. The number of ether oxygens (including phenoxy) is 4. The standard InChI is InChI=1S/C30H34N4O7/c1-5-39-23-13-11-19-9-7-8-10-21(19)22(23)16-31-34-26(35)17-41-24-14-12-20(15-25(24)40-6-2)28-27(29(36)38-4)18(3)32-30(37)33-28/h7-16,26,28,34-35H,5-6,17H2,1-4H3,(H2,32,33,37)/b31-16-/t26-,28-/m1/s1. The van der Waals surface area contributed by atoms with Gasteiger partial charge >= 0.3 is 12.0 Å². The van der Waals surface area contributed by atoms with Gasteiger partial charge in [0.15, 0.2) is 17.7 Å². The monoisotopic (exact) mass is 562 g/mol. The maximum absolute atomic E-state index is 12.4. The number of aliphatic hydroxyl groups is 1. The van der Waals surface area contributed by atoms with E-state index in [2.05, 4.69) is 21.2 Å². The van der Waals surface area contributed by atoms with Crippen LogP contribution in [0.25, 0.3) is 10.8 Å². The lowest BCUT2D eigenvalue weighted by molar-refractivity contribution is -0.136. The average molecular weight is 563 g/mol. The second kappa shape index (κ2) is 13.5. The molecular weight excluding hydrogens is 528 g/mol. The maximum atomic E-state index is 12.4. The normalized spacial score (nSPS) is 15.7. The first-order valence-electron chi connectivity index (χ1n) is 13.2. The van der Waals surface area contributed by atoms with E-state index in [4.69, 9.17) is 18.9 Å². The number of fused-ring (bicyclic) bond motifs is 1. The molecule has 11 nitrogen and oxygen atoms in total. The number of nitrogens with one attached hydrogen (secondary N) is 3. The van der Waals surface area contributed by atoms with Crippen LogP contribution in [0, 0.1) is 0 Å². The van der Waals surface area contributed by atoms with Crippen molar-refractivity contribution < 1.29 is 33.6 Å². The van der Waals surface area contributed by atoms with Gasteiger partial charge in [-0.1, -0.05) is 36.4 Å². The van der Waals surface area contributed by atoms with E-state index < -0.39 is 24.3 Å². The van der Waals surface area contributed by atoms with E-state index in [9.17, 15) is 14.7 Å². The molecule has 11 heteroatoms. The third-order valence-electron chi connectivity index (χ3n) is 6.32. The highest BCUT2D eigenvalue weighted by molar-refractivity contribution is 6.02. The fourth-order valence-corrected chi connectivity index (χ4v) is 4.50. The third kappa shape index (κ3) is 6.87. The summed E-state index contributed by atoms with van der Waals surface area (Å²) in [6.45, 7) is 6.08. The van der Waals surface area contributed by atoms with Crippen LogP contribution in [0.4, 0.5) is 4.79 Å². The number of aliphatic hydroxyl groups excluding tert-OH is 1. The Morgan fingerprint density at radius 2 is 1.78 bits per heavy atom. The molecule has 1 heterocycles. The fourth-order valence-electron chi connectivity index (χ4n) is 4.50. The minimum absolute atomic E-state index is 0.138. The number of rotatable bonds is 12. The van der Waals surface area contributed by atoms with Crippen LogP contribution in [-0.4, -0.2) is 56.5 Å². The molecule has 3 aromatic rings. The van der Waals surface area contributed by atoms with Crippen molar-refractivity contribution in [3.63, 3.8) is 0 Å². The highest BCUT2D eigenvalue weighted by Crippen LogP contribution is 2.35. The SMILES string of the molecule is CCOc1cc([C@H]2NC(=O)NC(C)=C2C(=O)OC)ccc1OC[C@@H](O)N/N=C\c1c(OCC)ccc2ccccc12. The van der Waals surface area contributed by atoms with E-state index in [-0.39, 0.29) is 12.2 Å². The highest BCUT2D eigenvalue weighted by atomic mass is 16.5. The quantitative estimate of drug-likeness (QED) is 0.113. The number of urea groups is 1. The first-order chi connectivity index (χ1) is 19.9. The van der Waals surface area contributed by atoms with Gasteiger partial charge in [-0.05, 0) is 55.3 Å². The van der Waals surface area contributed by atoms with Gasteiger partial charge in [-0.3, -0.25) is 5.43 Å². The Balaban J connectivity index is 1.47. The second-order valence-electron chi connectivity index (χ2n) is 9.05. The number of amides is 2. The molecule has 216 valence electrons. The van der Waals surface area contributed by atoms with Crippen LogP contribution in [0.15, 0.2) is 71.0 Å². The lowest BCUT2D eigenvalue weighted by atomic mass is 9.95. The average Bonchev–Trinajstić information content (AvgIpc) is 2.97. The summed E-state index contributed by atoms with van der Waals surface area (Å²) in [7, 11) is 1.28. The van der Waals surface area contributed by atoms with Crippen LogP contribution in [0.1, 0.15) is 37.9 Å². The zero-order chi connectivity index (χ0) is 29.4. The molecule has 2 atom stereocenters. The van der Waals surface area contributed by atoms with Crippen molar-refractivity contribution in [1.82, 2.24) is 16.1 Å². The summed E-state index contributed by atoms with van der Waals surface area (Å²) < 4.78 is 22.3. The number of hydrogen-bond acceptors (Lipinski definition) is 9. The lowest BCUT2D eigenvalue weighted by Gasteiger charge is -2.28. The molecule has 0 unspecified atom stereocenters. The number of allylic oxidation sites excluding steroid dienone is 1. The molecule has 1 aliphatic rings. The van der Waals surface area contributed by atoms with Gasteiger partial charge in [0.2, 0.25) is 0 Å². The van der Waals surface area contributed by atoms with Gasteiger partial charge in [0.25, 0.3) is 0 Å². The Morgan fingerprint density at radius 1 is 1.05 bits per heavy atom. The van der Waals surface area contributed by atoms with Crippen LogP contribution in [0.2, 0.25) is 0 Å². The van der Waals surface area contributed by atoms with Gasteiger partial charge in [-0.25, -0.2) is 9.59 Å².